The first-order chi connectivity index (χ1) is 12.2. The molecule has 26 heavy (non-hydrogen) atoms. The summed E-state index contributed by atoms with van der Waals surface area (Å²) in [6.07, 6.45) is 0.691. The van der Waals surface area contributed by atoms with E-state index in [2.05, 4.69) is 0 Å². The van der Waals surface area contributed by atoms with Crippen molar-refractivity contribution in [2.45, 2.75) is 13.8 Å². The lowest BCUT2D eigenvalue weighted by molar-refractivity contribution is -0.131. The van der Waals surface area contributed by atoms with Crippen LogP contribution in [0.2, 0.25) is 0 Å². The average molecular weight is 383 g/mol. The molecular formula is C17H25N3O5S. The quantitative estimate of drug-likeness (QED) is 0.759. The highest BCUT2D eigenvalue weighted by atomic mass is 32.2. The van der Waals surface area contributed by atoms with Crippen LogP contribution in [0.1, 0.15) is 12.5 Å². The van der Waals surface area contributed by atoms with Crippen LogP contribution in [-0.2, 0) is 19.6 Å². The van der Waals surface area contributed by atoms with Gasteiger partial charge in [0, 0.05) is 26.2 Å². The zero-order valence-electron chi connectivity index (χ0n) is 15.3. The molecule has 144 valence electrons. The Morgan fingerprint density at radius 1 is 1.08 bits per heavy atom. The molecule has 2 amide bonds. The summed E-state index contributed by atoms with van der Waals surface area (Å²) >= 11 is 0. The fourth-order valence-corrected chi connectivity index (χ4v) is 3.54. The van der Waals surface area contributed by atoms with Gasteiger partial charge in [0.1, 0.15) is 6.54 Å². The minimum atomic E-state index is -3.59. The number of carbonyl (C=O) groups is 2. The number of hydrogen-bond acceptors (Lipinski definition) is 5. The van der Waals surface area contributed by atoms with Crippen LogP contribution in [0.25, 0.3) is 0 Å². The first-order valence-corrected chi connectivity index (χ1v) is 10.3. The van der Waals surface area contributed by atoms with Gasteiger partial charge in [0.15, 0.2) is 0 Å². The predicted molar refractivity (Wildman–Crippen MR) is 98.5 cm³/mol. The summed E-state index contributed by atoms with van der Waals surface area (Å²) in [7, 11) is -3.59. The van der Waals surface area contributed by atoms with Crippen molar-refractivity contribution >= 4 is 27.7 Å². The third-order valence-corrected chi connectivity index (χ3v) is 5.30. The molecule has 0 bridgehead atoms. The Bertz CT molecular complexity index is 740. The Morgan fingerprint density at radius 2 is 1.62 bits per heavy atom. The number of rotatable bonds is 5. The lowest BCUT2D eigenvalue weighted by atomic mass is 10.2. The minimum Gasteiger partial charge on any atom is -0.450 e. The molecule has 1 aromatic carbocycles. The highest BCUT2D eigenvalue weighted by Crippen LogP contribution is 2.18. The standard InChI is InChI=1S/C17H25N3O5S/c1-4-25-17(22)19-11-9-18(10-12-19)16(21)13-20(26(3,23)24)15-7-5-14(2)6-8-15/h5-8H,4,9-13H2,1-3H3. The van der Waals surface area contributed by atoms with Crippen LogP contribution in [-0.4, -0.2) is 75.8 Å². The van der Waals surface area contributed by atoms with Gasteiger partial charge < -0.3 is 14.5 Å². The molecule has 0 spiro atoms. The van der Waals surface area contributed by atoms with Crippen LogP contribution in [0.5, 0.6) is 0 Å². The van der Waals surface area contributed by atoms with Crippen molar-refractivity contribution in [3.63, 3.8) is 0 Å². The van der Waals surface area contributed by atoms with Crippen molar-refractivity contribution in [2.24, 2.45) is 0 Å². The maximum Gasteiger partial charge on any atom is 0.409 e. The van der Waals surface area contributed by atoms with Gasteiger partial charge in [-0.3, -0.25) is 9.10 Å². The molecule has 1 saturated heterocycles. The first kappa shape index (κ1) is 20.0. The molecule has 1 heterocycles. The fourth-order valence-electron chi connectivity index (χ4n) is 2.69. The van der Waals surface area contributed by atoms with Crippen molar-refractivity contribution in [3.8, 4) is 0 Å². The normalized spacial score (nSPS) is 14.9. The summed E-state index contributed by atoms with van der Waals surface area (Å²) in [6.45, 7) is 5.12. The van der Waals surface area contributed by atoms with E-state index in [-0.39, 0.29) is 12.5 Å². The molecule has 1 aromatic rings. The van der Waals surface area contributed by atoms with E-state index in [1.54, 1.807) is 41.0 Å². The van der Waals surface area contributed by atoms with Gasteiger partial charge >= 0.3 is 6.09 Å². The minimum absolute atomic E-state index is 0.263. The molecule has 0 unspecified atom stereocenters. The van der Waals surface area contributed by atoms with Crippen LogP contribution >= 0.6 is 0 Å². The predicted octanol–water partition coefficient (Wildman–Crippen LogP) is 1.06. The molecule has 0 N–H and O–H groups in total. The number of nitrogens with zero attached hydrogens (tertiary/aromatic N) is 3. The second-order valence-electron chi connectivity index (χ2n) is 6.17. The molecule has 0 radical (unpaired) electrons. The highest BCUT2D eigenvalue weighted by molar-refractivity contribution is 7.92. The van der Waals surface area contributed by atoms with Crippen molar-refractivity contribution in [2.75, 3.05) is 49.9 Å². The number of piperazine rings is 1. The molecule has 0 aliphatic carbocycles. The second-order valence-corrected chi connectivity index (χ2v) is 8.08. The van der Waals surface area contributed by atoms with E-state index in [1.807, 2.05) is 6.92 Å². The van der Waals surface area contributed by atoms with Gasteiger partial charge in [0.25, 0.3) is 0 Å². The van der Waals surface area contributed by atoms with Crippen molar-refractivity contribution in [3.05, 3.63) is 29.8 Å². The number of amides is 2. The maximum atomic E-state index is 12.6. The van der Waals surface area contributed by atoms with Gasteiger partial charge in [-0.05, 0) is 26.0 Å². The Labute approximate surface area is 154 Å². The number of benzene rings is 1. The van der Waals surface area contributed by atoms with Gasteiger partial charge in [-0.15, -0.1) is 0 Å². The lowest BCUT2D eigenvalue weighted by Crippen LogP contribution is -2.53. The molecule has 1 aliphatic rings. The first-order valence-electron chi connectivity index (χ1n) is 8.46. The zero-order chi connectivity index (χ0) is 19.3. The number of carbonyl (C=O) groups excluding carboxylic acids is 2. The molecule has 1 fully saturated rings. The summed E-state index contributed by atoms with van der Waals surface area (Å²) < 4.78 is 30.3. The van der Waals surface area contributed by atoms with Crippen LogP contribution in [0, 0.1) is 6.92 Å². The summed E-state index contributed by atoms with van der Waals surface area (Å²) in [4.78, 5) is 27.4. The maximum absolute atomic E-state index is 12.6. The second kappa shape index (κ2) is 8.39. The molecular weight excluding hydrogens is 358 g/mol. The van der Waals surface area contributed by atoms with Crippen LogP contribution in [0.3, 0.4) is 0 Å². The van der Waals surface area contributed by atoms with Gasteiger partial charge in [0.05, 0.1) is 18.6 Å². The van der Waals surface area contributed by atoms with Crippen LogP contribution in [0.15, 0.2) is 24.3 Å². The van der Waals surface area contributed by atoms with E-state index in [1.165, 1.54) is 0 Å². The van der Waals surface area contributed by atoms with Crippen molar-refractivity contribution < 1.29 is 22.7 Å². The fraction of sp³-hybridized carbons (Fsp3) is 0.529. The number of aryl methyl sites for hydroxylation is 1. The van der Waals surface area contributed by atoms with E-state index < -0.39 is 16.1 Å². The molecule has 1 aliphatic heterocycles. The van der Waals surface area contributed by atoms with Gasteiger partial charge in [-0.1, -0.05) is 17.7 Å². The number of hydrogen-bond donors (Lipinski definition) is 0. The molecule has 2 rings (SSSR count). The summed E-state index contributed by atoms with van der Waals surface area (Å²) in [6, 6.07) is 6.97. The molecule has 8 nitrogen and oxygen atoms in total. The summed E-state index contributed by atoms with van der Waals surface area (Å²) in [5.41, 5.74) is 1.46. The van der Waals surface area contributed by atoms with Crippen LogP contribution in [0.4, 0.5) is 10.5 Å². The summed E-state index contributed by atoms with van der Waals surface area (Å²) in [5, 5.41) is 0. The monoisotopic (exact) mass is 383 g/mol. The Kier molecular flexibility index (Phi) is 6.47. The largest absolute Gasteiger partial charge is 0.450 e. The van der Waals surface area contributed by atoms with Gasteiger partial charge in [-0.25, -0.2) is 13.2 Å². The van der Waals surface area contributed by atoms with Gasteiger partial charge in [-0.2, -0.15) is 0 Å². The zero-order valence-corrected chi connectivity index (χ0v) is 16.2. The third kappa shape index (κ3) is 5.10. The van der Waals surface area contributed by atoms with E-state index >= 15 is 0 Å². The Balaban J connectivity index is 2.02. The molecule has 9 heteroatoms. The Hall–Kier alpha value is -2.29. The SMILES string of the molecule is CCOC(=O)N1CCN(C(=O)CN(c2ccc(C)cc2)S(C)(=O)=O)CC1. The van der Waals surface area contributed by atoms with E-state index in [4.69, 9.17) is 4.74 Å². The van der Waals surface area contributed by atoms with E-state index in [0.717, 1.165) is 16.1 Å². The smallest absolute Gasteiger partial charge is 0.409 e. The van der Waals surface area contributed by atoms with E-state index in [0.29, 0.717) is 38.5 Å². The molecule has 0 atom stereocenters. The van der Waals surface area contributed by atoms with Crippen molar-refractivity contribution in [1.82, 2.24) is 9.80 Å². The molecule has 0 saturated carbocycles. The number of sulfonamides is 1. The number of ether oxygens (including phenoxy) is 1. The Morgan fingerprint density at radius 3 is 2.12 bits per heavy atom. The van der Waals surface area contributed by atoms with E-state index in [9.17, 15) is 18.0 Å². The topological polar surface area (TPSA) is 87.2 Å². The van der Waals surface area contributed by atoms with Crippen molar-refractivity contribution in [1.29, 1.82) is 0 Å². The van der Waals surface area contributed by atoms with Gasteiger partial charge in [0.2, 0.25) is 15.9 Å². The average Bonchev–Trinajstić information content (AvgIpc) is 2.60. The highest BCUT2D eigenvalue weighted by Gasteiger charge is 2.28. The van der Waals surface area contributed by atoms with Crippen LogP contribution < -0.4 is 4.31 Å². The number of anilines is 1. The third-order valence-electron chi connectivity index (χ3n) is 4.16. The lowest BCUT2D eigenvalue weighted by Gasteiger charge is -2.35. The summed E-state index contributed by atoms with van der Waals surface area (Å²) in [5.74, 6) is -0.292. The molecule has 0 aromatic heterocycles.